The number of halogens is 3. The summed E-state index contributed by atoms with van der Waals surface area (Å²) in [5, 5.41) is 10.2. The van der Waals surface area contributed by atoms with Gasteiger partial charge in [0.15, 0.2) is 12.0 Å². The number of alkyl halides is 3. The van der Waals surface area contributed by atoms with E-state index in [4.69, 9.17) is 9.47 Å². The van der Waals surface area contributed by atoms with Gasteiger partial charge in [-0.15, -0.1) is 0 Å². The summed E-state index contributed by atoms with van der Waals surface area (Å²) >= 11 is 0. The van der Waals surface area contributed by atoms with Crippen LogP contribution in [-0.2, 0) is 6.18 Å². The van der Waals surface area contributed by atoms with Gasteiger partial charge in [0.25, 0.3) is 0 Å². The number of aryl methyl sites for hydroxylation is 1. The van der Waals surface area contributed by atoms with E-state index in [1.54, 1.807) is 6.92 Å². The Hall–Kier alpha value is -2.71. The maximum absolute atomic E-state index is 13.5. The topological polar surface area (TPSA) is 73.6 Å². The van der Waals surface area contributed by atoms with Gasteiger partial charge in [0.1, 0.15) is 11.5 Å². The van der Waals surface area contributed by atoms with Gasteiger partial charge in [-0.1, -0.05) is 90.4 Å². The molecule has 0 radical (unpaired) electrons. The van der Waals surface area contributed by atoms with Crippen molar-refractivity contribution in [2.75, 3.05) is 13.7 Å². The van der Waals surface area contributed by atoms with E-state index in [-0.39, 0.29) is 17.7 Å². The number of methoxy groups -OCH3 is 1. The Balaban J connectivity index is 1.79. The van der Waals surface area contributed by atoms with Gasteiger partial charge in [-0.25, -0.2) is 4.98 Å². The third-order valence-electron chi connectivity index (χ3n) is 6.72. The fourth-order valence-electron chi connectivity index (χ4n) is 4.55. The van der Waals surface area contributed by atoms with E-state index < -0.39 is 23.6 Å². The molecule has 0 unspecified atom stereocenters. The minimum Gasteiger partial charge on any atom is -0.494 e. The van der Waals surface area contributed by atoms with Crippen LogP contribution >= 0.6 is 0 Å². The molecule has 214 valence electrons. The Labute approximate surface area is 224 Å². The lowest BCUT2D eigenvalue weighted by Crippen LogP contribution is -2.14. The maximum Gasteiger partial charge on any atom is 0.450 e. The minimum absolute atomic E-state index is 0.0576. The van der Waals surface area contributed by atoms with Crippen LogP contribution in [0.3, 0.4) is 0 Å². The van der Waals surface area contributed by atoms with Crippen molar-refractivity contribution in [2.45, 2.75) is 110 Å². The lowest BCUT2D eigenvalue weighted by Gasteiger charge is -2.17. The van der Waals surface area contributed by atoms with Gasteiger partial charge in [-0.05, 0) is 25.0 Å². The minimum atomic E-state index is -4.89. The van der Waals surface area contributed by atoms with Crippen LogP contribution in [0.2, 0.25) is 0 Å². The number of rotatable bonds is 19. The third kappa shape index (κ3) is 9.55. The van der Waals surface area contributed by atoms with Crippen LogP contribution in [0, 0.1) is 6.92 Å². The van der Waals surface area contributed by atoms with Crippen molar-refractivity contribution in [3.63, 3.8) is 0 Å². The molecule has 0 aliphatic rings. The molecule has 1 heterocycles. The van der Waals surface area contributed by atoms with Crippen LogP contribution in [0.25, 0.3) is 5.69 Å². The van der Waals surface area contributed by atoms with Crippen molar-refractivity contribution in [3.05, 3.63) is 29.2 Å². The Morgan fingerprint density at radius 1 is 0.895 bits per heavy atom. The second kappa shape index (κ2) is 16.3. The highest BCUT2D eigenvalue weighted by atomic mass is 19.4. The summed E-state index contributed by atoms with van der Waals surface area (Å²) < 4.78 is 52.3. The van der Waals surface area contributed by atoms with E-state index >= 15 is 0 Å². The van der Waals surface area contributed by atoms with Crippen molar-refractivity contribution in [3.8, 4) is 23.1 Å². The summed E-state index contributed by atoms with van der Waals surface area (Å²) in [6.45, 7) is 4.43. The van der Waals surface area contributed by atoms with Crippen molar-refractivity contribution in [1.82, 2.24) is 9.55 Å². The number of hydrogen-bond acceptors (Lipinski definition) is 5. The SMILES string of the molecule is CCCCCCCCCCCCCCCCOc1cc(OC)c(-n2c(C(F)(F)F)nc(C=O)c2O)cc1C. The smallest absolute Gasteiger partial charge is 0.450 e. The summed E-state index contributed by atoms with van der Waals surface area (Å²) in [7, 11) is 1.31. The van der Waals surface area contributed by atoms with Crippen LogP contribution in [0.5, 0.6) is 17.4 Å². The predicted molar refractivity (Wildman–Crippen MR) is 143 cm³/mol. The van der Waals surface area contributed by atoms with Gasteiger partial charge in [0, 0.05) is 6.07 Å². The second-order valence-electron chi connectivity index (χ2n) is 9.83. The number of aldehydes is 1. The molecular formula is C29H43F3N2O4. The molecule has 0 spiro atoms. The van der Waals surface area contributed by atoms with E-state index in [0.717, 1.165) is 19.3 Å². The molecule has 0 atom stereocenters. The van der Waals surface area contributed by atoms with E-state index in [2.05, 4.69) is 11.9 Å². The molecule has 0 bridgehead atoms. The molecule has 0 fully saturated rings. The number of unbranched alkanes of at least 4 members (excludes halogenated alkanes) is 13. The number of benzene rings is 1. The third-order valence-corrected chi connectivity index (χ3v) is 6.72. The number of carbonyl (C=O) groups excluding carboxylic acids is 1. The Morgan fingerprint density at radius 3 is 1.89 bits per heavy atom. The number of aromatic hydroxyl groups is 1. The zero-order valence-electron chi connectivity index (χ0n) is 23.0. The molecule has 2 aromatic rings. The lowest BCUT2D eigenvalue weighted by atomic mass is 10.0. The van der Waals surface area contributed by atoms with Crippen molar-refractivity contribution in [1.29, 1.82) is 0 Å². The molecule has 38 heavy (non-hydrogen) atoms. The standard InChI is InChI=1S/C29H43F3N2O4/c1-4-5-6-7-8-9-10-11-12-13-14-15-16-17-18-38-25-20-26(37-3)24(19-22(25)2)34-27(36)23(21-35)33-28(34)29(30,31)32/h19-21,36H,4-18H2,1-3H3. The van der Waals surface area contributed by atoms with Gasteiger partial charge in [0.05, 0.1) is 19.4 Å². The second-order valence-corrected chi connectivity index (χ2v) is 9.83. The van der Waals surface area contributed by atoms with Crippen molar-refractivity contribution >= 4 is 6.29 Å². The summed E-state index contributed by atoms with van der Waals surface area (Å²) in [5.74, 6) is -1.77. The van der Waals surface area contributed by atoms with Crippen molar-refractivity contribution in [2.24, 2.45) is 0 Å². The number of imidazole rings is 1. The summed E-state index contributed by atoms with van der Waals surface area (Å²) in [4.78, 5) is 14.4. The van der Waals surface area contributed by atoms with Crippen LogP contribution in [-0.4, -0.2) is 34.7 Å². The van der Waals surface area contributed by atoms with Crippen LogP contribution in [0.4, 0.5) is 13.2 Å². The number of hydrogen-bond donors (Lipinski definition) is 1. The summed E-state index contributed by atoms with van der Waals surface area (Å²) in [6, 6.07) is 2.92. The fourth-order valence-corrected chi connectivity index (χ4v) is 4.55. The molecule has 0 saturated carbocycles. The first-order valence-corrected chi connectivity index (χ1v) is 13.9. The number of ether oxygens (including phenoxy) is 2. The molecule has 1 N–H and O–H groups in total. The first-order valence-electron chi connectivity index (χ1n) is 13.9. The molecule has 1 aromatic carbocycles. The Morgan fingerprint density at radius 2 is 1.42 bits per heavy atom. The fraction of sp³-hybridized carbons (Fsp3) is 0.655. The number of aromatic nitrogens is 2. The van der Waals surface area contributed by atoms with E-state index in [0.29, 0.717) is 22.5 Å². The number of nitrogens with zero attached hydrogens (tertiary/aromatic N) is 2. The van der Waals surface area contributed by atoms with Crippen molar-refractivity contribution < 1.29 is 32.5 Å². The molecule has 0 aliphatic heterocycles. The van der Waals surface area contributed by atoms with E-state index in [9.17, 15) is 23.1 Å². The molecule has 2 rings (SSSR count). The van der Waals surface area contributed by atoms with Gasteiger partial charge in [-0.3, -0.25) is 9.36 Å². The highest BCUT2D eigenvalue weighted by Gasteiger charge is 2.40. The monoisotopic (exact) mass is 540 g/mol. The highest BCUT2D eigenvalue weighted by Crippen LogP contribution is 2.40. The zero-order valence-corrected chi connectivity index (χ0v) is 23.0. The van der Waals surface area contributed by atoms with Crippen LogP contribution in [0.1, 0.15) is 119 Å². The molecule has 9 heteroatoms. The van der Waals surface area contributed by atoms with E-state index in [1.807, 2.05) is 0 Å². The van der Waals surface area contributed by atoms with Crippen LogP contribution < -0.4 is 9.47 Å². The first-order chi connectivity index (χ1) is 18.2. The quantitative estimate of drug-likeness (QED) is 0.143. The normalized spacial score (nSPS) is 11.6. The van der Waals surface area contributed by atoms with Gasteiger partial charge < -0.3 is 14.6 Å². The average molecular weight is 541 g/mol. The largest absolute Gasteiger partial charge is 0.494 e. The summed E-state index contributed by atoms with van der Waals surface area (Å²) in [6.07, 6.45) is 12.9. The first kappa shape index (κ1) is 31.5. The molecule has 0 saturated heterocycles. The maximum atomic E-state index is 13.5. The molecule has 0 aliphatic carbocycles. The van der Waals surface area contributed by atoms with Gasteiger partial charge in [-0.2, -0.15) is 13.2 Å². The van der Waals surface area contributed by atoms with Gasteiger partial charge >= 0.3 is 6.18 Å². The highest BCUT2D eigenvalue weighted by molar-refractivity contribution is 5.76. The van der Waals surface area contributed by atoms with E-state index in [1.165, 1.54) is 89.9 Å². The molecule has 1 aromatic heterocycles. The zero-order chi connectivity index (χ0) is 28.0. The van der Waals surface area contributed by atoms with Gasteiger partial charge in [0.2, 0.25) is 11.7 Å². The summed E-state index contributed by atoms with van der Waals surface area (Å²) in [5.41, 5.74) is -0.213. The Bertz CT molecular complexity index is 989. The average Bonchev–Trinajstić information content (AvgIpc) is 3.23. The molecule has 6 nitrogen and oxygen atoms in total. The molecule has 0 amide bonds. The number of carbonyl (C=O) groups is 1. The lowest BCUT2D eigenvalue weighted by molar-refractivity contribution is -0.146. The molecular weight excluding hydrogens is 497 g/mol. The Kier molecular flexibility index (Phi) is 13.5. The van der Waals surface area contributed by atoms with Crippen LogP contribution in [0.15, 0.2) is 12.1 Å². The predicted octanol–water partition coefficient (Wildman–Crippen LogP) is 8.59.